The highest BCUT2D eigenvalue weighted by molar-refractivity contribution is 5.92. The van der Waals surface area contributed by atoms with E-state index in [1.54, 1.807) is 26.8 Å². The predicted octanol–water partition coefficient (Wildman–Crippen LogP) is 2.92. The van der Waals surface area contributed by atoms with Gasteiger partial charge in [0.05, 0.1) is 6.10 Å². The van der Waals surface area contributed by atoms with Crippen molar-refractivity contribution in [2.24, 2.45) is 17.3 Å². The summed E-state index contributed by atoms with van der Waals surface area (Å²) in [6.45, 7) is 11.3. The molecule has 1 saturated heterocycles. The van der Waals surface area contributed by atoms with Crippen LogP contribution in [0.4, 0.5) is 0 Å². The summed E-state index contributed by atoms with van der Waals surface area (Å²) in [6, 6.07) is 0. The van der Waals surface area contributed by atoms with Gasteiger partial charge < -0.3 is 14.6 Å². The first-order chi connectivity index (χ1) is 11.6. The van der Waals surface area contributed by atoms with Crippen LogP contribution >= 0.6 is 0 Å². The van der Waals surface area contributed by atoms with Gasteiger partial charge in [-0.2, -0.15) is 0 Å². The number of esters is 2. The first-order valence-corrected chi connectivity index (χ1v) is 9.08. The Hall–Kier alpha value is -1.62. The van der Waals surface area contributed by atoms with Gasteiger partial charge in [0.15, 0.2) is 0 Å². The molecule has 1 aliphatic heterocycles. The van der Waals surface area contributed by atoms with E-state index in [2.05, 4.69) is 13.5 Å². The normalized spacial score (nSPS) is 44.0. The molecule has 25 heavy (non-hydrogen) atoms. The molecule has 6 atom stereocenters. The molecule has 1 heterocycles. The molecule has 2 aliphatic carbocycles. The van der Waals surface area contributed by atoms with Gasteiger partial charge >= 0.3 is 11.9 Å². The third-order valence-corrected chi connectivity index (χ3v) is 6.79. The van der Waals surface area contributed by atoms with Gasteiger partial charge in [-0.3, -0.25) is 0 Å². The average molecular weight is 348 g/mol. The van der Waals surface area contributed by atoms with Crippen molar-refractivity contribution in [3.63, 3.8) is 0 Å². The number of ether oxygens (including phenoxy) is 2. The topological polar surface area (TPSA) is 72.8 Å². The highest BCUT2D eigenvalue weighted by atomic mass is 16.6. The smallest absolute Gasteiger partial charge is 0.351 e. The second kappa shape index (κ2) is 5.97. The highest BCUT2D eigenvalue weighted by Crippen LogP contribution is 2.58. The largest absolute Gasteiger partial charge is 0.458 e. The Morgan fingerprint density at radius 2 is 2.08 bits per heavy atom. The second-order valence-corrected chi connectivity index (χ2v) is 8.18. The minimum absolute atomic E-state index is 0.0951. The van der Waals surface area contributed by atoms with Gasteiger partial charge in [0.1, 0.15) is 6.10 Å². The SMILES string of the molecule is C=C1CC[C@@H](O)[C@@]2(C)CC[C@@H]3[C@@H](OC(=O)[C@]3(C)OC(=O)/C(C)=C\C)[C@@H]12. The van der Waals surface area contributed by atoms with E-state index < -0.39 is 29.7 Å². The molecular formula is C20H28O5. The maximum atomic E-state index is 12.7. The fourth-order valence-corrected chi connectivity index (χ4v) is 4.91. The van der Waals surface area contributed by atoms with Gasteiger partial charge in [0, 0.05) is 22.8 Å². The summed E-state index contributed by atoms with van der Waals surface area (Å²) in [6.07, 6.45) is 3.71. The summed E-state index contributed by atoms with van der Waals surface area (Å²) in [4.78, 5) is 24.9. The summed E-state index contributed by atoms with van der Waals surface area (Å²) in [5.74, 6) is -1.29. The van der Waals surface area contributed by atoms with Crippen molar-refractivity contribution in [2.75, 3.05) is 0 Å². The quantitative estimate of drug-likeness (QED) is 0.472. The van der Waals surface area contributed by atoms with Crippen molar-refractivity contribution >= 4 is 11.9 Å². The zero-order chi connectivity index (χ0) is 18.6. The molecule has 2 saturated carbocycles. The summed E-state index contributed by atoms with van der Waals surface area (Å²) < 4.78 is 11.4. The molecule has 5 nitrogen and oxygen atoms in total. The van der Waals surface area contributed by atoms with Crippen molar-refractivity contribution in [1.29, 1.82) is 0 Å². The second-order valence-electron chi connectivity index (χ2n) is 8.18. The Morgan fingerprint density at radius 3 is 2.72 bits per heavy atom. The fraction of sp³-hybridized carbons (Fsp3) is 0.700. The third kappa shape index (κ3) is 2.55. The fourth-order valence-electron chi connectivity index (χ4n) is 4.91. The molecule has 0 unspecified atom stereocenters. The Kier molecular flexibility index (Phi) is 4.34. The van der Waals surface area contributed by atoms with Crippen LogP contribution in [0.2, 0.25) is 0 Å². The lowest BCUT2D eigenvalue weighted by Gasteiger charge is -2.53. The number of carbonyl (C=O) groups is 2. The highest BCUT2D eigenvalue weighted by Gasteiger charge is 2.65. The number of aliphatic hydroxyl groups is 1. The van der Waals surface area contributed by atoms with Crippen molar-refractivity contribution in [2.45, 2.75) is 71.2 Å². The number of carbonyl (C=O) groups excluding carboxylic acids is 2. The molecule has 3 fully saturated rings. The van der Waals surface area contributed by atoms with E-state index in [0.717, 1.165) is 18.4 Å². The minimum Gasteiger partial charge on any atom is -0.458 e. The molecule has 0 aromatic heterocycles. The van der Waals surface area contributed by atoms with Gasteiger partial charge in [0.2, 0.25) is 5.60 Å². The zero-order valence-electron chi connectivity index (χ0n) is 15.5. The lowest BCUT2D eigenvalue weighted by atomic mass is 9.53. The molecule has 0 radical (unpaired) electrons. The molecule has 5 heteroatoms. The number of fused-ring (bicyclic) bond motifs is 3. The zero-order valence-corrected chi connectivity index (χ0v) is 15.5. The van der Waals surface area contributed by atoms with E-state index in [-0.39, 0.29) is 17.3 Å². The van der Waals surface area contributed by atoms with Crippen molar-refractivity contribution in [1.82, 2.24) is 0 Å². The lowest BCUT2D eigenvalue weighted by molar-refractivity contribution is -0.170. The standard InChI is InChI=1S/C20H28O5/c1-6-11(2)17(22)25-20(5)13-9-10-19(4)14(21)8-7-12(3)15(19)16(13)24-18(20)23/h6,13-16,21H,3,7-10H2,1-2,4-5H3/b11-6-/t13-,14-,15-,16-,19-,20-/m1/s1. The van der Waals surface area contributed by atoms with Gasteiger partial charge in [0.25, 0.3) is 0 Å². The van der Waals surface area contributed by atoms with Crippen LogP contribution < -0.4 is 0 Å². The summed E-state index contributed by atoms with van der Waals surface area (Å²) >= 11 is 0. The molecule has 1 N–H and O–H groups in total. The maximum Gasteiger partial charge on any atom is 0.351 e. The van der Waals surface area contributed by atoms with Crippen LogP contribution in [-0.4, -0.2) is 34.9 Å². The molecular weight excluding hydrogens is 320 g/mol. The molecule has 0 aromatic carbocycles. The van der Waals surface area contributed by atoms with Crippen LogP contribution in [0, 0.1) is 17.3 Å². The summed E-state index contributed by atoms with van der Waals surface area (Å²) in [5, 5.41) is 10.6. The molecule has 138 valence electrons. The van der Waals surface area contributed by atoms with E-state index in [4.69, 9.17) is 9.47 Å². The van der Waals surface area contributed by atoms with Crippen molar-refractivity contribution in [3.8, 4) is 0 Å². The van der Waals surface area contributed by atoms with Crippen LogP contribution in [0.5, 0.6) is 0 Å². The molecule has 0 bridgehead atoms. The Bertz CT molecular complexity index is 650. The van der Waals surface area contributed by atoms with Crippen molar-refractivity contribution in [3.05, 3.63) is 23.8 Å². The van der Waals surface area contributed by atoms with Gasteiger partial charge in [-0.15, -0.1) is 0 Å². The first kappa shape index (κ1) is 18.2. The van der Waals surface area contributed by atoms with Crippen LogP contribution in [0.15, 0.2) is 23.8 Å². The third-order valence-electron chi connectivity index (χ3n) is 6.79. The summed E-state index contributed by atoms with van der Waals surface area (Å²) in [5.41, 5.74) is -0.132. The van der Waals surface area contributed by atoms with Crippen LogP contribution in [0.1, 0.15) is 53.4 Å². The lowest BCUT2D eigenvalue weighted by Crippen LogP contribution is -2.55. The van der Waals surface area contributed by atoms with Crippen LogP contribution in [0.3, 0.4) is 0 Å². The number of hydrogen-bond donors (Lipinski definition) is 1. The maximum absolute atomic E-state index is 12.7. The molecule has 3 aliphatic rings. The number of allylic oxidation sites excluding steroid dienone is 1. The van der Waals surface area contributed by atoms with Gasteiger partial charge in [-0.05, 0) is 46.5 Å². The van der Waals surface area contributed by atoms with E-state index in [9.17, 15) is 14.7 Å². The van der Waals surface area contributed by atoms with E-state index in [1.807, 2.05) is 0 Å². The Labute approximate surface area is 149 Å². The Balaban J connectivity index is 1.92. The monoisotopic (exact) mass is 348 g/mol. The van der Waals surface area contributed by atoms with E-state index in [0.29, 0.717) is 18.4 Å². The van der Waals surface area contributed by atoms with E-state index in [1.165, 1.54) is 0 Å². The predicted molar refractivity (Wildman–Crippen MR) is 92.5 cm³/mol. The first-order valence-electron chi connectivity index (χ1n) is 9.08. The van der Waals surface area contributed by atoms with Crippen LogP contribution in [0.25, 0.3) is 0 Å². The Morgan fingerprint density at radius 1 is 1.40 bits per heavy atom. The average Bonchev–Trinajstić information content (AvgIpc) is 2.80. The van der Waals surface area contributed by atoms with Gasteiger partial charge in [-0.25, -0.2) is 9.59 Å². The van der Waals surface area contributed by atoms with Gasteiger partial charge in [-0.1, -0.05) is 25.2 Å². The summed E-state index contributed by atoms with van der Waals surface area (Å²) in [7, 11) is 0. The molecule has 0 aromatic rings. The van der Waals surface area contributed by atoms with Crippen molar-refractivity contribution < 1.29 is 24.2 Å². The number of hydrogen-bond acceptors (Lipinski definition) is 5. The number of rotatable bonds is 2. The molecule has 0 amide bonds. The number of aliphatic hydroxyl groups excluding tert-OH is 1. The van der Waals surface area contributed by atoms with E-state index >= 15 is 0 Å². The molecule has 3 rings (SSSR count). The molecule has 0 spiro atoms. The minimum atomic E-state index is -1.28. The van der Waals surface area contributed by atoms with Crippen LogP contribution in [-0.2, 0) is 19.1 Å².